The molecule has 6 nitrogen and oxygen atoms in total. The van der Waals surface area contributed by atoms with Crippen LogP contribution in [0.2, 0.25) is 0 Å². The van der Waals surface area contributed by atoms with Gasteiger partial charge in [0.15, 0.2) is 5.43 Å². The number of nitrogens with zero attached hydrogens (tertiary/aromatic N) is 2. The lowest BCUT2D eigenvalue weighted by atomic mass is 10.1. The molecule has 5 rings (SSSR count). The third-order valence-corrected chi connectivity index (χ3v) is 6.46. The van der Waals surface area contributed by atoms with Gasteiger partial charge in [-0.3, -0.25) is 14.4 Å². The van der Waals surface area contributed by atoms with Crippen molar-refractivity contribution in [2.75, 3.05) is 16.8 Å². The number of nitrogens with one attached hydrogen (secondary N) is 1. The van der Waals surface area contributed by atoms with Crippen LogP contribution < -0.4 is 15.6 Å². The number of amides is 2. The Morgan fingerprint density at radius 3 is 1.92 bits per heavy atom. The summed E-state index contributed by atoms with van der Waals surface area (Å²) in [5, 5.41) is 4.11. The molecule has 0 saturated heterocycles. The van der Waals surface area contributed by atoms with E-state index in [-0.39, 0.29) is 30.2 Å². The molecule has 5 aromatic rings. The Morgan fingerprint density at radius 2 is 1.32 bits per heavy atom. The van der Waals surface area contributed by atoms with Crippen LogP contribution in [0.25, 0.3) is 21.8 Å². The first kappa shape index (κ1) is 24.0. The van der Waals surface area contributed by atoms with Crippen LogP contribution in [-0.4, -0.2) is 22.9 Å². The van der Waals surface area contributed by atoms with Gasteiger partial charge in [-0.05, 0) is 61.0 Å². The van der Waals surface area contributed by atoms with Crippen molar-refractivity contribution in [3.05, 3.63) is 119 Å². The van der Waals surface area contributed by atoms with E-state index in [4.69, 9.17) is 0 Å². The zero-order chi connectivity index (χ0) is 25.8. The first-order valence-electron chi connectivity index (χ1n) is 12.3. The highest BCUT2D eigenvalue weighted by Gasteiger charge is 2.15. The van der Waals surface area contributed by atoms with Crippen molar-refractivity contribution < 1.29 is 9.59 Å². The van der Waals surface area contributed by atoms with Gasteiger partial charge in [0.05, 0.1) is 17.5 Å². The van der Waals surface area contributed by atoms with Crippen LogP contribution in [0, 0.1) is 0 Å². The molecule has 0 unspecified atom stereocenters. The second-order valence-electron chi connectivity index (χ2n) is 8.84. The molecule has 4 aromatic carbocycles. The molecule has 0 radical (unpaired) electrons. The molecule has 1 heterocycles. The Hall–Kier alpha value is -4.71. The minimum absolute atomic E-state index is 0.0162. The van der Waals surface area contributed by atoms with E-state index in [1.165, 1.54) is 0 Å². The van der Waals surface area contributed by atoms with Gasteiger partial charge in [-0.15, -0.1) is 0 Å². The van der Waals surface area contributed by atoms with E-state index in [1.54, 1.807) is 29.2 Å². The fourth-order valence-electron chi connectivity index (χ4n) is 4.68. The van der Waals surface area contributed by atoms with E-state index < -0.39 is 0 Å². The summed E-state index contributed by atoms with van der Waals surface area (Å²) in [7, 11) is 0. The number of carbonyl (C=O) groups is 2. The summed E-state index contributed by atoms with van der Waals surface area (Å²) in [5.41, 5.74) is 3.78. The SMILES string of the molecule is CCN(C(=O)Cc1ccc(NC(=O)Cn2c3ccccc3c(=O)c3ccccc32)cc1)c1ccccc1. The zero-order valence-electron chi connectivity index (χ0n) is 20.6. The van der Waals surface area contributed by atoms with Crippen LogP contribution in [0.3, 0.4) is 0 Å². The standard InChI is InChI=1S/C31H27N3O3/c1-2-33(24-10-4-3-5-11-24)30(36)20-22-16-18-23(19-17-22)32-29(35)21-34-27-14-8-6-12-25(27)31(37)26-13-7-9-15-28(26)34/h3-19H,2,20-21H2,1H3,(H,32,35). The van der Waals surface area contributed by atoms with Crippen molar-refractivity contribution in [3.63, 3.8) is 0 Å². The normalized spacial score (nSPS) is 10.9. The van der Waals surface area contributed by atoms with Crippen molar-refractivity contribution in [2.24, 2.45) is 0 Å². The maximum atomic E-state index is 13.0. The van der Waals surface area contributed by atoms with E-state index >= 15 is 0 Å². The summed E-state index contributed by atoms with van der Waals surface area (Å²) in [6.07, 6.45) is 0.270. The Labute approximate surface area is 214 Å². The molecule has 37 heavy (non-hydrogen) atoms. The van der Waals surface area contributed by atoms with Gasteiger partial charge in [-0.1, -0.05) is 54.6 Å². The molecule has 0 aliphatic carbocycles. The molecule has 0 aliphatic rings. The van der Waals surface area contributed by atoms with Crippen molar-refractivity contribution in [1.29, 1.82) is 0 Å². The molecule has 2 amide bonds. The average molecular weight is 490 g/mol. The summed E-state index contributed by atoms with van der Waals surface area (Å²) in [6, 6.07) is 31.6. The molecule has 0 fully saturated rings. The summed E-state index contributed by atoms with van der Waals surface area (Å²) in [6.45, 7) is 2.61. The molecule has 0 aliphatic heterocycles. The molecule has 0 spiro atoms. The minimum Gasteiger partial charge on any atom is -0.331 e. The number of likely N-dealkylation sites (N-methyl/N-ethyl adjacent to an activating group) is 1. The first-order chi connectivity index (χ1) is 18.0. The largest absolute Gasteiger partial charge is 0.331 e. The molecule has 6 heteroatoms. The van der Waals surface area contributed by atoms with E-state index in [0.29, 0.717) is 34.0 Å². The predicted octanol–water partition coefficient (Wildman–Crippen LogP) is 5.39. The maximum absolute atomic E-state index is 13.0. The smallest absolute Gasteiger partial charge is 0.244 e. The van der Waals surface area contributed by atoms with Gasteiger partial charge < -0.3 is 14.8 Å². The van der Waals surface area contributed by atoms with Crippen LogP contribution in [0.5, 0.6) is 0 Å². The molecule has 0 saturated carbocycles. The number of fused-ring (bicyclic) bond motifs is 2. The van der Waals surface area contributed by atoms with Gasteiger partial charge in [-0.2, -0.15) is 0 Å². The zero-order valence-corrected chi connectivity index (χ0v) is 20.6. The van der Waals surface area contributed by atoms with Crippen LogP contribution in [0.4, 0.5) is 11.4 Å². The van der Waals surface area contributed by atoms with Crippen LogP contribution in [0.1, 0.15) is 12.5 Å². The first-order valence-corrected chi connectivity index (χ1v) is 12.3. The number of hydrogen-bond acceptors (Lipinski definition) is 3. The fraction of sp³-hybridized carbons (Fsp3) is 0.129. The molecule has 0 atom stereocenters. The highest BCUT2D eigenvalue weighted by atomic mass is 16.2. The number of pyridine rings is 1. The summed E-state index contributed by atoms with van der Waals surface area (Å²) in [4.78, 5) is 40.6. The second-order valence-corrected chi connectivity index (χ2v) is 8.84. The van der Waals surface area contributed by atoms with E-state index in [9.17, 15) is 14.4 Å². The maximum Gasteiger partial charge on any atom is 0.244 e. The number of rotatable bonds is 7. The number of anilines is 2. The van der Waals surface area contributed by atoms with Crippen molar-refractivity contribution >= 4 is 45.0 Å². The van der Waals surface area contributed by atoms with Crippen molar-refractivity contribution in [1.82, 2.24) is 4.57 Å². The van der Waals surface area contributed by atoms with Gasteiger partial charge in [0.2, 0.25) is 11.8 Å². The summed E-state index contributed by atoms with van der Waals surface area (Å²) in [5.74, 6) is -0.188. The predicted molar refractivity (Wildman–Crippen MR) is 149 cm³/mol. The van der Waals surface area contributed by atoms with Gasteiger partial charge in [0, 0.05) is 28.7 Å². The van der Waals surface area contributed by atoms with Crippen LogP contribution in [0.15, 0.2) is 108 Å². The Kier molecular flexibility index (Phi) is 6.81. The lowest BCUT2D eigenvalue weighted by Crippen LogP contribution is -2.31. The number of carbonyl (C=O) groups excluding carboxylic acids is 2. The van der Waals surface area contributed by atoms with Crippen molar-refractivity contribution in [3.8, 4) is 0 Å². The lowest BCUT2D eigenvalue weighted by molar-refractivity contribution is -0.118. The molecular formula is C31H27N3O3. The molecule has 1 N–H and O–H groups in total. The van der Waals surface area contributed by atoms with Gasteiger partial charge >= 0.3 is 0 Å². The highest BCUT2D eigenvalue weighted by molar-refractivity contribution is 5.97. The van der Waals surface area contributed by atoms with Gasteiger partial charge in [0.25, 0.3) is 0 Å². The second kappa shape index (κ2) is 10.5. The van der Waals surface area contributed by atoms with E-state index in [0.717, 1.165) is 11.3 Å². The molecule has 1 aromatic heterocycles. The fourth-order valence-corrected chi connectivity index (χ4v) is 4.68. The Balaban J connectivity index is 1.31. The molecular weight excluding hydrogens is 462 g/mol. The molecule has 0 bridgehead atoms. The van der Waals surface area contributed by atoms with Gasteiger partial charge in [0.1, 0.15) is 6.54 Å². The Morgan fingerprint density at radius 1 is 0.757 bits per heavy atom. The summed E-state index contributed by atoms with van der Waals surface area (Å²) >= 11 is 0. The van der Waals surface area contributed by atoms with Crippen LogP contribution in [-0.2, 0) is 22.6 Å². The van der Waals surface area contributed by atoms with Crippen LogP contribution >= 0.6 is 0 Å². The highest BCUT2D eigenvalue weighted by Crippen LogP contribution is 2.20. The van der Waals surface area contributed by atoms with E-state index in [2.05, 4.69) is 5.32 Å². The Bertz CT molecular complexity index is 1580. The summed E-state index contributed by atoms with van der Waals surface area (Å²) < 4.78 is 1.87. The lowest BCUT2D eigenvalue weighted by Gasteiger charge is -2.21. The van der Waals surface area contributed by atoms with Gasteiger partial charge in [-0.25, -0.2) is 0 Å². The monoisotopic (exact) mass is 489 g/mol. The third-order valence-electron chi connectivity index (χ3n) is 6.46. The van der Waals surface area contributed by atoms with Crippen molar-refractivity contribution in [2.45, 2.75) is 19.9 Å². The number of benzene rings is 4. The minimum atomic E-state index is -0.205. The third kappa shape index (κ3) is 5.00. The average Bonchev–Trinajstić information content (AvgIpc) is 2.93. The molecule has 184 valence electrons. The van der Waals surface area contributed by atoms with E-state index in [1.807, 2.05) is 90.4 Å². The number of hydrogen-bond donors (Lipinski definition) is 1. The number of para-hydroxylation sites is 3. The quantitative estimate of drug-likeness (QED) is 0.312. The topological polar surface area (TPSA) is 71.4 Å². The number of aromatic nitrogens is 1.